The molecule has 0 spiro atoms. The van der Waals surface area contributed by atoms with Crippen molar-refractivity contribution in [3.63, 3.8) is 0 Å². The van der Waals surface area contributed by atoms with Crippen LogP contribution >= 0.6 is 11.3 Å². The molecule has 0 aliphatic heterocycles. The Morgan fingerprint density at radius 2 is 2.11 bits per heavy atom. The highest BCUT2D eigenvalue weighted by Crippen LogP contribution is 2.23. The van der Waals surface area contributed by atoms with Crippen molar-refractivity contribution in [2.75, 3.05) is 5.32 Å². The van der Waals surface area contributed by atoms with E-state index in [-0.39, 0.29) is 22.0 Å². The van der Waals surface area contributed by atoms with Gasteiger partial charge >= 0.3 is 5.97 Å². The first-order chi connectivity index (χ1) is 8.99. The predicted molar refractivity (Wildman–Crippen MR) is 70.0 cm³/mol. The molecule has 19 heavy (non-hydrogen) atoms. The third kappa shape index (κ3) is 2.71. The molecule has 0 bridgehead atoms. The average molecular weight is 278 g/mol. The first kappa shape index (κ1) is 13.0. The van der Waals surface area contributed by atoms with E-state index >= 15 is 0 Å². The minimum atomic E-state index is -1.10. The molecule has 0 unspecified atom stereocenters. The quantitative estimate of drug-likeness (QED) is 0.747. The maximum Gasteiger partial charge on any atom is 0.338 e. The van der Waals surface area contributed by atoms with Crippen LogP contribution in [-0.2, 0) is 0 Å². The molecule has 2 aromatic heterocycles. The lowest BCUT2D eigenvalue weighted by Crippen LogP contribution is -2.13. The van der Waals surface area contributed by atoms with E-state index in [1.807, 2.05) is 0 Å². The summed E-state index contributed by atoms with van der Waals surface area (Å²) < 4.78 is 0. The van der Waals surface area contributed by atoms with Crippen molar-refractivity contribution in [1.82, 2.24) is 4.98 Å². The monoisotopic (exact) mass is 278 g/mol. The zero-order valence-electron chi connectivity index (χ0n) is 9.89. The topological polar surface area (TPSA) is 99.3 Å². The normalized spacial score (nSPS) is 10.2. The molecule has 2 rings (SSSR count). The van der Waals surface area contributed by atoms with Crippen LogP contribution in [0, 0.1) is 0 Å². The van der Waals surface area contributed by atoms with Gasteiger partial charge in [-0.2, -0.15) is 0 Å². The number of aromatic carboxylic acids is 1. The van der Waals surface area contributed by atoms with E-state index in [1.165, 1.54) is 25.3 Å². The van der Waals surface area contributed by atoms with Crippen LogP contribution in [0.5, 0.6) is 0 Å². The number of ketones is 1. The van der Waals surface area contributed by atoms with Crippen molar-refractivity contribution < 1.29 is 19.5 Å². The zero-order valence-corrected chi connectivity index (χ0v) is 10.7. The van der Waals surface area contributed by atoms with Crippen molar-refractivity contribution in [2.24, 2.45) is 0 Å². The second-order valence-electron chi connectivity index (χ2n) is 3.78. The van der Waals surface area contributed by atoms with Crippen LogP contribution in [0.25, 0.3) is 0 Å². The van der Waals surface area contributed by atoms with Gasteiger partial charge in [0.1, 0.15) is 10.7 Å². The molecule has 0 atom stereocenters. The number of hydrogen-bond acceptors (Lipinski definition) is 4. The summed E-state index contributed by atoms with van der Waals surface area (Å²) in [5, 5.41) is 13.3. The highest BCUT2D eigenvalue weighted by atomic mass is 32.1. The summed E-state index contributed by atoms with van der Waals surface area (Å²) in [5.41, 5.74) is 0.640. The van der Waals surface area contributed by atoms with Gasteiger partial charge in [0.15, 0.2) is 5.78 Å². The Bertz CT molecular complexity index is 656. The van der Waals surface area contributed by atoms with E-state index in [1.54, 1.807) is 5.38 Å². The standard InChI is InChI=1S/C12H10N2O4S/c1-6(15)7-4-9(13-5-7)10(16)14-11-8(12(17)18)2-3-19-11/h2-5,13H,1H3,(H,14,16)(H,17,18). The fourth-order valence-electron chi connectivity index (χ4n) is 1.47. The van der Waals surface area contributed by atoms with E-state index in [0.29, 0.717) is 5.56 Å². The van der Waals surface area contributed by atoms with Crippen LogP contribution < -0.4 is 5.32 Å². The minimum Gasteiger partial charge on any atom is -0.478 e. The SMILES string of the molecule is CC(=O)c1c[nH]c(C(=O)Nc2sccc2C(=O)O)c1. The molecule has 7 heteroatoms. The lowest BCUT2D eigenvalue weighted by molar-refractivity contribution is 0.0698. The number of aromatic amines is 1. The van der Waals surface area contributed by atoms with Crippen molar-refractivity contribution in [1.29, 1.82) is 0 Å². The number of carboxylic acids is 1. The van der Waals surface area contributed by atoms with E-state index in [2.05, 4.69) is 10.3 Å². The Balaban J connectivity index is 2.18. The van der Waals surface area contributed by atoms with Crippen molar-refractivity contribution in [2.45, 2.75) is 6.92 Å². The first-order valence-corrected chi connectivity index (χ1v) is 6.18. The molecule has 2 heterocycles. The fraction of sp³-hybridized carbons (Fsp3) is 0.0833. The minimum absolute atomic E-state index is 0.0386. The molecule has 98 valence electrons. The Morgan fingerprint density at radius 1 is 1.37 bits per heavy atom. The van der Waals surface area contributed by atoms with E-state index in [4.69, 9.17) is 5.11 Å². The van der Waals surface area contributed by atoms with E-state index < -0.39 is 11.9 Å². The number of Topliss-reactive ketones (excluding diaryl/α,β-unsaturated/α-hetero) is 1. The van der Waals surface area contributed by atoms with Crippen molar-refractivity contribution >= 4 is 34.0 Å². The summed E-state index contributed by atoms with van der Waals surface area (Å²) in [5.74, 6) is -1.75. The molecular weight excluding hydrogens is 268 g/mol. The van der Waals surface area contributed by atoms with Gasteiger partial charge in [0.25, 0.3) is 5.91 Å². The second-order valence-corrected chi connectivity index (χ2v) is 4.70. The summed E-state index contributed by atoms with van der Waals surface area (Å²) in [6.07, 6.45) is 1.43. The molecule has 0 aliphatic carbocycles. The number of amides is 1. The molecule has 1 amide bonds. The summed E-state index contributed by atoms with van der Waals surface area (Å²) in [7, 11) is 0. The summed E-state index contributed by atoms with van der Waals surface area (Å²) in [4.78, 5) is 36.6. The fourth-order valence-corrected chi connectivity index (χ4v) is 2.25. The van der Waals surface area contributed by atoms with Crippen molar-refractivity contribution in [3.05, 3.63) is 40.5 Å². The van der Waals surface area contributed by atoms with Gasteiger partial charge in [-0.15, -0.1) is 11.3 Å². The number of thiophene rings is 1. The van der Waals surface area contributed by atoms with Gasteiger partial charge in [-0.05, 0) is 24.4 Å². The smallest absolute Gasteiger partial charge is 0.338 e. The summed E-state index contributed by atoms with van der Waals surface area (Å²) >= 11 is 1.12. The maximum atomic E-state index is 11.9. The first-order valence-electron chi connectivity index (χ1n) is 5.30. The van der Waals surface area contributed by atoms with Gasteiger partial charge in [-0.3, -0.25) is 9.59 Å². The Hall–Kier alpha value is -2.41. The van der Waals surface area contributed by atoms with Gasteiger partial charge in [-0.1, -0.05) is 0 Å². The Kier molecular flexibility index (Phi) is 3.48. The van der Waals surface area contributed by atoms with Crippen LogP contribution in [0.3, 0.4) is 0 Å². The number of anilines is 1. The van der Waals surface area contributed by atoms with E-state index in [9.17, 15) is 14.4 Å². The van der Waals surface area contributed by atoms with Crippen LogP contribution in [0.1, 0.15) is 38.1 Å². The van der Waals surface area contributed by atoms with Crippen molar-refractivity contribution in [3.8, 4) is 0 Å². The molecule has 0 saturated carbocycles. The Labute approximate surface area is 112 Å². The molecule has 0 radical (unpaired) electrons. The third-order valence-corrected chi connectivity index (χ3v) is 3.29. The Morgan fingerprint density at radius 3 is 2.68 bits per heavy atom. The van der Waals surface area contributed by atoms with Crippen LogP contribution in [-0.4, -0.2) is 27.8 Å². The molecule has 0 aromatic carbocycles. The number of H-pyrrole nitrogens is 1. The van der Waals surface area contributed by atoms with Crippen LogP contribution in [0.15, 0.2) is 23.7 Å². The molecule has 2 aromatic rings. The zero-order chi connectivity index (χ0) is 14.0. The average Bonchev–Trinajstić information content (AvgIpc) is 2.96. The maximum absolute atomic E-state index is 11.9. The number of rotatable bonds is 4. The molecular formula is C12H10N2O4S. The molecule has 0 aliphatic rings. The van der Waals surface area contributed by atoms with Gasteiger partial charge in [0.05, 0.1) is 5.56 Å². The van der Waals surface area contributed by atoms with Crippen LogP contribution in [0.4, 0.5) is 5.00 Å². The van der Waals surface area contributed by atoms with Crippen LogP contribution in [0.2, 0.25) is 0 Å². The lowest BCUT2D eigenvalue weighted by Gasteiger charge is -2.01. The van der Waals surface area contributed by atoms with Gasteiger partial charge < -0.3 is 15.4 Å². The lowest BCUT2D eigenvalue weighted by atomic mass is 10.2. The highest BCUT2D eigenvalue weighted by molar-refractivity contribution is 7.14. The summed E-state index contributed by atoms with van der Waals surface area (Å²) in [6.45, 7) is 1.40. The van der Waals surface area contributed by atoms with Gasteiger partial charge in [0.2, 0.25) is 0 Å². The second kappa shape index (κ2) is 5.07. The van der Waals surface area contributed by atoms with E-state index in [0.717, 1.165) is 11.3 Å². The number of carboxylic acid groups (broad SMARTS) is 1. The third-order valence-electron chi connectivity index (χ3n) is 2.46. The summed E-state index contributed by atoms with van der Waals surface area (Å²) in [6, 6.07) is 2.84. The largest absolute Gasteiger partial charge is 0.478 e. The number of nitrogens with one attached hydrogen (secondary N) is 2. The van der Waals surface area contributed by atoms with Gasteiger partial charge in [-0.25, -0.2) is 4.79 Å². The number of carbonyl (C=O) groups is 3. The number of aromatic nitrogens is 1. The predicted octanol–water partition coefficient (Wildman–Crippen LogP) is 2.23. The van der Waals surface area contributed by atoms with Gasteiger partial charge in [0, 0.05) is 11.8 Å². The molecule has 6 nitrogen and oxygen atoms in total. The molecule has 0 fully saturated rings. The molecule has 0 saturated heterocycles. The number of hydrogen-bond donors (Lipinski definition) is 3. The molecule has 3 N–H and O–H groups in total. The number of carbonyl (C=O) groups excluding carboxylic acids is 2. The highest BCUT2D eigenvalue weighted by Gasteiger charge is 2.16.